The molecule has 3 atom stereocenters. The molecule has 1 aliphatic heterocycles. The van der Waals surface area contributed by atoms with Crippen molar-refractivity contribution in [2.24, 2.45) is 11.8 Å². The van der Waals surface area contributed by atoms with Gasteiger partial charge in [-0.1, -0.05) is 24.3 Å². The zero-order chi connectivity index (χ0) is 21.6. The predicted octanol–water partition coefficient (Wildman–Crippen LogP) is 2.10. The van der Waals surface area contributed by atoms with Crippen molar-refractivity contribution >= 4 is 17.5 Å². The van der Waals surface area contributed by atoms with Gasteiger partial charge in [-0.15, -0.1) is 0 Å². The van der Waals surface area contributed by atoms with Gasteiger partial charge in [0, 0.05) is 44.1 Å². The Bertz CT molecular complexity index is 872. The molecule has 1 saturated heterocycles. The standard InChI is InChI=1S/C23H28N4O4/c28-22(25-30)20-16-18(31-21-8-4-5-11-24-21)9-10-19(20)23(29)27-14-12-26(13-15-27)17-6-2-1-3-7-17/h1-8,11,18-20,30H,9-10,12-16H2,(H,25,28)/t18-,19+,20+/m1/s1. The number of amides is 2. The summed E-state index contributed by atoms with van der Waals surface area (Å²) < 4.78 is 5.91. The highest BCUT2D eigenvalue weighted by molar-refractivity contribution is 5.87. The predicted molar refractivity (Wildman–Crippen MR) is 115 cm³/mol. The molecule has 1 aliphatic carbocycles. The van der Waals surface area contributed by atoms with Crippen LogP contribution in [0.4, 0.5) is 5.69 Å². The molecule has 0 spiro atoms. The first-order valence-corrected chi connectivity index (χ1v) is 10.8. The average molecular weight is 425 g/mol. The van der Waals surface area contributed by atoms with Crippen molar-refractivity contribution in [3.63, 3.8) is 0 Å². The van der Waals surface area contributed by atoms with Crippen LogP contribution in [0.3, 0.4) is 0 Å². The largest absolute Gasteiger partial charge is 0.474 e. The second kappa shape index (κ2) is 9.78. The summed E-state index contributed by atoms with van der Waals surface area (Å²) in [5.41, 5.74) is 2.90. The lowest BCUT2D eigenvalue weighted by atomic mass is 9.76. The molecule has 8 nitrogen and oxygen atoms in total. The van der Waals surface area contributed by atoms with Gasteiger partial charge >= 0.3 is 0 Å². The van der Waals surface area contributed by atoms with E-state index in [1.165, 1.54) is 0 Å². The van der Waals surface area contributed by atoms with Crippen LogP contribution in [0.5, 0.6) is 5.88 Å². The minimum atomic E-state index is -0.632. The molecule has 2 N–H and O–H groups in total. The van der Waals surface area contributed by atoms with E-state index in [0.717, 1.165) is 18.8 Å². The van der Waals surface area contributed by atoms with Gasteiger partial charge < -0.3 is 14.5 Å². The van der Waals surface area contributed by atoms with Gasteiger partial charge in [0.15, 0.2) is 0 Å². The smallest absolute Gasteiger partial charge is 0.247 e. The zero-order valence-electron chi connectivity index (χ0n) is 17.4. The van der Waals surface area contributed by atoms with Crippen molar-refractivity contribution in [3.05, 3.63) is 54.7 Å². The maximum Gasteiger partial charge on any atom is 0.247 e. The Morgan fingerprint density at radius 1 is 0.968 bits per heavy atom. The van der Waals surface area contributed by atoms with Gasteiger partial charge in [0.25, 0.3) is 0 Å². The third-order valence-electron chi connectivity index (χ3n) is 6.20. The van der Waals surface area contributed by atoms with E-state index in [4.69, 9.17) is 4.74 Å². The molecule has 4 rings (SSSR count). The molecule has 8 heteroatoms. The van der Waals surface area contributed by atoms with Gasteiger partial charge in [0.2, 0.25) is 17.7 Å². The van der Waals surface area contributed by atoms with Gasteiger partial charge in [0.05, 0.1) is 11.8 Å². The topological polar surface area (TPSA) is 95.0 Å². The van der Waals surface area contributed by atoms with Crippen LogP contribution in [0.1, 0.15) is 19.3 Å². The maximum absolute atomic E-state index is 13.3. The minimum Gasteiger partial charge on any atom is -0.474 e. The van der Waals surface area contributed by atoms with Crippen LogP contribution in [0.2, 0.25) is 0 Å². The highest BCUT2D eigenvalue weighted by atomic mass is 16.5. The number of carbonyl (C=O) groups is 2. The molecule has 2 fully saturated rings. The van der Waals surface area contributed by atoms with E-state index in [-0.39, 0.29) is 12.0 Å². The summed E-state index contributed by atoms with van der Waals surface area (Å²) in [6, 6.07) is 15.6. The number of anilines is 1. The van der Waals surface area contributed by atoms with Gasteiger partial charge in [-0.2, -0.15) is 0 Å². The summed E-state index contributed by atoms with van der Waals surface area (Å²) in [5.74, 6) is -1.14. The molecule has 31 heavy (non-hydrogen) atoms. The van der Waals surface area contributed by atoms with Crippen LogP contribution >= 0.6 is 0 Å². The average Bonchev–Trinajstić information content (AvgIpc) is 2.84. The lowest BCUT2D eigenvalue weighted by Gasteiger charge is -2.40. The number of pyridine rings is 1. The van der Waals surface area contributed by atoms with Gasteiger partial charge in [0.1, 0.15) is 6.10 Å². The Labute approximate surface area is 181 Å². The minimum absolute atomic E-state index is 0.0161. The summed E-state index contributed by atoms with van der Waals surface area (Å²) in [4.78, 5) is 34.0. The van der Waals surface area contributed by atoms with E-state index >= 15 is 0 Å². The van der Waals surface area contributed by atoms with Crippen molar-refractivity contribution in [2.75, 3.05) is 31.1 Å². The van der Waals surface area contributed by atoms with Gasteiger partial charge in [-0.3, -0.25) is 14.8 Å². The number of hydrogen-bond acceptors (Lipinski definition) is 6. The van der Waals surface area contributed by atoms with Crippen molar-refractivity contribution in [1.82, 2.24) is 15.4 Å². The Kier molecular flexibility index (Phi) is 6.66. The summed E-state index contributed by atoms with van der Waals surface area (Å²) >= 11 is 0. The summed E-state index contributed by atoms with van der Waals surface area (Å²) in [5, 5.41) is 9.25. The quantitative estimate of drug-likeness (QED) is 0.564. The number of piperazine rings is 1. The van der Waals surface area contributed by atoms with Crippen LogP contribution in [0.15, 0.2) is 54.7 Å². The van der Waals surface area contributed by atoms with Crippen LogP contribution in [0, 0.1) is 11.8 Å². The van der Waals surface area contributed by atoms with Crippen LogP contribution in [-0.4, -0.2) is 59.2 Å². The second-order valence-electron chi connectivity index (χ2n) is 8.06. The molecule has 2 amide bonds. The van der Waals surface area contributed by atoms with Gasteiger partial charge in [-0.25, -0.2) is 10.5 Å². The first kappa shape index (κ1) is 21.1. The number of rotatable bonds is 5. The molecule has 164 valence electrons. The van der Waals surface area contributed by atoms with Crippen LogP contribution < -0.4 is 15.1 Å². The number of benzene rings is 1. The summed E-state index contributed by atoms with van der Waals surface area (Å²) in [6.45, 7) is 2.74. The molecule has 2 heterocycles. The Morgan fingerprint density at radius 2 is 1.71 bits per heavy atom. The molecule has 0 bridgehead atoms. The number of nitrogens with one attached hydrogen (secondary N) is 1. The third kappa shape index (κ3) is 4.96. The van der Waals surface area contributed by atoms with Crippen molar-refractivity contribution < 1.29 is 19.5 Å². The van der Waals surface area contributed by atoms with Crippen molar-refractivity contribution in [3.8, 4) is 5.88 Å². The molecule has 0 unspecified atom stereocenters. The van der Waals surface area contributed by atoms with E-state index in [2.05, 4.69) is 22.0 Å². The maximum atomic E-state index is 13.3. The van der Waals surface area contributed by atoms with Gasteiger partial charge in [-0.05, 0) is 37.5 Å². The monoisotopic (exact) mass is 424 g/mol. The Morgan fingerprint density at radius 3 is 2.39 bits per heavy atom. The lowest BCUT2D eigenvalue weighted by molar-refractivity contribution is -0.148. The number of carbonyl (C=O) groups excluding carboxylic acids is 2. The van der Waals surface area contributed by atoms with E-state index in [0.29, 0.717) is 38.2 Å². The SMILES string of the molecule is O=C(NO)[C@H]1C[C@H](Oc2ccccn2)CC[C@@H]1C(=O)N1CCN(c2ccccc2)CC1. The fraction of sp³-hybridized carbons (Fsp3) is 0.435. The molecule has 2 aliphatic rings. The Balaban J connectivity index is 1.38. The molecular weight excluding hydrogens is 396 g/mol. The fourth-order valence-corrected chi connectivity index (χ4v) is 4.55. The number of nitrogens with zero attached hydrogens (tertiary/aromatic N) is 3. The molecule has 1 saturated carbocycles. The second-order valence-corrected chi connectivity index (χ2v) is 8.06. The molecule has 1 aromatic carbocycles. The number of aromatic nitrogens is 1. The number of ether oxygens (including phenoxy) is 1. The number of hydroxylamine groups is 1. The fourth-order valence-electron chi connectivity index (χ4n) is 4.55. The Hall–Kier alpha value is -3.13. The van der Waals surface area contributed by atoms with E-state index in [9.17, 15) is 14.8 Å². The summed E-state index contributed by atoms with van der Waals surface area (Å²) in [7, 11) is 0. The van der Waals surface area contributed by atoms with E-state index in [1.54, 1.807) is 17.7 Å². The molecule has 2 aromatic rings. The summed E-state index contributed by atoms with van der Waals surface area (Å²) in [6.07, 6.45) is 2.98. The highest BCUT2D eigenvalue weighted by Crippen LogP contribution is 2.34. The third-order valence-corrected chi connectivity index (χ3v) is 6.20. The lowest BCUT2D eigenvalue weighted by Crippen LogP contribution is -2.53. The number of hydrogen-bond donors (Lipinski definition) is 2. The highest BCUT2D eigenvalue weighted by Gasteiger charge is 2.42. The normalized spacial score (nSPS) is 23.8. The van der Waals surface area contributed by atoms with Crippen LogP contribution in [-0.2, 0) is 9.59 Å². The first-order chi connectivity index (χ1) is 15.2. The molecule has 0 radical (unpaired) electrons. The van der Waals surface area contributed by atoms with E-state index < -0.39 is 17.7 Å². The number of para-hydroxylation sites is 1. The molecule has 1 aromatic heterocycles. The van der Waals surface area contributed by atoms with Crippen molar-refractivity contribution in [1.29, 1.82) is 0 Å². The molecular formula is C23H28N4O4. The van der Waals surface area contributed by atoms with Crippen LogP contribution in [0.25, 0.3) is 0 Å². The van der Waals surface area contributed by atoms with E-state index in [1.807, 2.05) is 35.2 Å². The van der Waals surface area contributed by atoms with Crippen molar-refractivity contribution in [2.45, 2.75) is 25.4 Å². The zero-order valence-corrected chi connectivity index (χ0v) is 17.4. The first-order valence-electron chi connectivity index (χ1n) is 10.8.